The van der Waals surface area contributed by atoms with Gasteiger partial charge in [0.1, 0.15) is 0 Å². The molecule has 0 radical (unpaired) electrons. The second kappa shape index (κ2) is 5.92. The van der Waals surface area contributed by atoms with Crippen molar-refractivity contribution < 1.29 is 4.79 Å². The predicted octanol–water partition coefficient (Wildman–Crippen LogP) is 1.60. The topological polar surface area (TPSA) is 68.0 Å². The summed E-state index contributed by atoms with van der Waals surface area (Å²) < 4.78 is 0. The summed E-state index contributed by atoms with van der Waals surface area (Å²) >= 11 is 3.53. The van der Waals surface area contributed by atoms with Crippen LogP contribution in [0.4, 0.5) is 0 Å². The van der Waals surface area contributed by atoms with Crippen LogP contribution >= 0.6 is 12.6 Å². The molecule has 0 spiro atoms. The molecule has 3 rings (SSSR count). The van der Waals surface area contributed by atoms with Crippen molar-refractivity contribution in [1.29, 1.82) is 0 Å². The van der Waals surface area contributed by atoms with Crippen molar-refractivity contribution in [2.75, 3.05) is 6.26 Å². The van der Waals surface area contributed by atoms with Crippen LogP contribution in [-0.2, 0) is 16.9 Å². The average molecular weight is 279 g/mol. The molecule has 0 saturated heterocycles. The number of amides is 1. The molecule has 1 aromatic heterocycles. The van der Waals surface area contributed by atoms with Gasteiger partial charge in [0.15, 0.2) is 0 Å². The Hall–Kier alpha value is -1.07. The van der Waals surface area contributed by atoms with Crippen molar-refractivity contribution in [2.45, 2.75) is 37.8 Å². The standard InChI is InChI=1S/C13H17N3O.CH4S/c14-13(5-6-13)11-4-1-9(7-15-11)8-16-12(17)10-2-3-10;1-2/h1,4,7,10H,2-3,5-6,8,14H2,(H,16,17);2H,1H3. The number of thiol groups is 1. The molecule has 2 fully saturated rings. The number of aromatic nitrogens is 1. The third kappa shape index (κ3) is 3.70. The molecule has 3 N–H and O–H groups in total. The van der Waals surface area contributed by atoms with E-state index in [-0.39, 0.29) is 17.4 Å². The summed E-state index contributed by atoms with van der Waals surface area (Å²) in [5, 5.41) is 2.92. The van der Waals surface area contributed by atoms with Crippen molar-refractivity contribution in [3.63, 3.8) is 0 Å². The van der Waals surface area contributed by atoms with E-state index < -0.39 is 0 Å². The Bertz CT molecular complexity index is 439. The maximum atomic E-state index is 11.5. The van der Waals surface area contributed by atoms with Gasteiger partial charge in [0.2, 0.25) is 5.91 Å². The summed E-state index contributed by atoms with van der Waals surface area (Å²) in [5.74, 6) is 0.438. The molecule has 4 nitrogen and oxygen atoms in total. The summed E-state index contributed by atoms with van der Waals surface area (Å²) in [6.45, 7) is 0.570. The molecule has 1 aromatic rings. The summed E-state index contributed by atoms with van der Waals surface area (Å²) in [4.78, 5) is 15.8. The van der Waals surface area contributed by atoms with Gasteiger partial charge < -0.3 is 11.1 Å². The number of rotatable bonds is 4. The third-order valence-corrected chi connectivity index (χ3v) is 3.54. The first-order valence-corrected chi connectivity index (χ1v) is 7.53. The zero-order chi connectivity index (χ0) is 13.9. The van der Waals surface area contributed by atoms with Crippen molar-refractivity contribution in [3.8, 4) is 0 Å². The van der Waals surface area contributed by atoms with Crippen LogP contribution in [0.15, 0.2) is 18.3 Å². The molecule has 2 aliphatic rings. The molecule has 19 heavy (non-hydrogen) atoms. The number of nitrogens with one attached hydrogen (secondary N) is 1. The molecule has 5 heteroatoms. The highest BCUT2D eigenvalue weighted by atomic mass is 32.1. The third-order valence-electron chi connectivity index (χ3n) is 3.54. The van der Waals surface area contributed by atoms with Gasteiger partial charge in [-0.3, -0.25) is 9.78 Å². The maximum absolute atomic E-state index is 11.5. The van der Waals surface area contributed by atoms with Crippen LogP contribution in [0.1, 0.15) is 36.9 Å². The Kier molecular flexibility index (Phi) is 4.47. The van der Waals surface area contributed by atoms with E-state index in [2.05, 4.69) is 22.9 Å². The SMILES string of the molecule is CS.NC1(c2ccc(CNC(=O)C3CC3)cn2)CC1. The van der Waals surface area contributed by atoms with E-state index in [1.165, 1.54) is 0 Å². The van der Waals surface area contributed by atoms with Crippen LogP contribution in [-0.4, -0.2) is 17.1 Å². The Morgan fingerprint density at radius 2 is 2.16 bits per heavy atom. The van der Waals surface area contributed by atoms with E-state index in [9.17, 15) is 4.79 Å². The van der Waals surface area contributed by atoms with Gasteiger partial charge in [0, 0.05) is 18.7 Å². The van der Waals surface area contributed by atoms with Crippen LogP contribution < -0.4 is 11.1 Å². The minimum absolute atomic E-state index is 0.171. The summed E-state index contributed by atoms with van der Waals surface area (Å²) in [5.41, 5.74) is 7.89. The maximum Gasteiger partial charge on any atom is 0.223 e. The molecule has 0 atom stereocenters. The number of carbonyl (C=O) groups is 1. The molecule has 1 heterocycles. The fourth-order valence-electron chi connectivity index (χ4n) is 1.89. The molecular formula is C14H21N3OS. The molecule has 2 aliphatic carbocycles. The normalized spacial score (nSPS) is 19.1. The zero-order valence-corrected chi connectivity index (χ0v) is 12.1. The number of nitrogens with two attached hydrogens (primary N) is 1. The summed E-state index contributed by atoms with van der Waals surface area (Å²) in [7, 11) is 0. The molecule has 0 unspecified atom stereocenters. The number of pyridine rings is 1. The monoisotopic (exact) mass is 279 g/mol. The zero-order valence-electron chi connectivity index (χ0n) is 11.2. The highest BCUT2D eigenvalue weighted by Gasteiger charge is 2.41. The van der Waals surface area contributed by atoms with Crippen LogP contribution in [0.5, 0.6) is 0 Å². The van der Waals surface area contributed by atoms with Gasteiger partial charge in [0.25, 0.3) is 0 Å². The highest BCUT2D eigenvalue weighted by Crippen LogP contribution is 2.41. The van der Waals surface area contributed by atoms with Gasteiger partial charge in [-0.15, -0.1) is 0 Å². The van der Waals surface area contributed by atoms with E-state index in [0.29, 0.717) is 6.54 Å². The quantitative estimate of drug-likeness (QED) is 0.733. The molecule has 104 valence electrons. The molecule has 0 aromatic carbocycles. The van der Waals surface area contributed by atoms with Gasteiger partial charge in [-0.05, 0) is 43.6 Å². The number of hydrogen-bond acceptors (Lipinski definition) is 4. The van der Waals surface area contributed by atoms with Crippen molar-refractivity contribution in [3.05, 3.63) is 29.6 Å². The van der Waals surface area contributed by atoms with Gasteiger partial charge in [-0.2, -0.15) is 12.6 Å². The van der Waals surface area contributed by atoms with Crippen molar-refractivity contribution >= 4 is 18.5 Å². The Labute approximate surface area is 119 Å². The lowest BCUT2D eigenvalue weighted by Crippen LogP contribution is -2.24. The van der Waals surface area contributed by atoms with Crippen molar-refractivity contribution in [1.82, 2.24) is 10.3 Å². The molecule has 0 bridgehead atoms. The lowest BCUT2D eigenvalue weighted by Gasteiger charge is -2.09. The first-order valence-electron chi connectivity index (χ1n) is 6.64. The first kappa shape index (κ1) is 14.3. The Morgan fingerprint density at radius 1 is 1.47 bits per heavy atom. The number of carbonyl (C=O) groups excluding carboxylic acids is 1. The van der Waals surface area contributed by atoms with Gasteiger partial charge in [-0.1, -0.05) is 6.07 Å². The predicted molar refractivity (Wildman–Crippen MR) is 78.8 cm³/mol. The van der Waals surface area contributed by atoms with Crippen LogP contribution in [0.3, 0.4) is 0 Å². The Morgan fingerprint density at radius 3 is 2.63 bits per heavy atom. The van der Waals surface area contributed by atoms with Crippen LogP contribution in [0.25, 0.3) is 0 Å². The lowest BCUT2D eigenvalue weighted by molar-refractivity contribution is -0.122. The first-order chi connectivity index (χ1) is 9.17. The minimum atomic E-state index is -0.171. The van der Waals surface area contributed by atoms with Crippen LogP contribution in [0.2, 0.25) is 0 Å². The number of hydrogen-bond donors (Lipinski definition) is 3. The molecule has 2 saturated carbocycles. The largest absolute Gasteiger partial charge is 0.352 e. The lowest BCUT2D eigenvalue weighted by atomic mass is 10.1. The Balaban J connectivity index is 0.000000637. The molecular weight excluding hydrogens is 258 g/mol. The smallest absolute Gasteiger partial charge is 0.223 e. The molecule has 0 aliphatic heterocycles. The van der Waals surface area contributed by atoms with E-state index in [0.717, 1.165) is 36.9 Å². The highest BCUT2D eigenvalue weighted by molar-refractivity contribution is 7.79. The van der Waals surface area contributed by atoms with E-state index in [1.807, 2.05) is 18.3 Å². The average Bonchev–Trinajstić information content (AvgIpc) is 3.34. The van der Waals surface area contributed by atoms with Crippen molar-refractivity contribution in [2.24, 2.45) is 11.7 Å². The van der Waals surface area contributed by atoms with Gasteiger partial charge >= 0.3 is 0 Å². The number of nitrogens with zero attached hydrogens (tertiary/aromatic N) is 1. The van der Waals surface area contributed by atoms with Gasteiger partial charge in [0.05, 0.1) is 11.2 Å². The molecule has 1 amide bonds. The second-order valence-electron chi connectivity index (χ2n) is 5.20. The van der Waals surface area contributed by atoms with Crippen LogP contribution in [0, 0.1) is 5.92 Å². The van der Waals surface area contributed by atoms with E-state index >= 15 is 0 Å². The van der Waals surface area contributed by atoms with E-state index in [4.69, 9.17) is 5.73 Å². The van der Waals surface area contributed by atoms with Gasteiger partial charge in [-0.25, -0.2) is 0 Å². The summed E-state index contributed by atoms with van der Waals surface area (Å²) in [6, 6.07) is 3.98. The summed E-state index contributed by atoms with van der Waals surface area (Å²) in [6.07, 6.45) is 7.64. The second-order valence-corrected chi connectivity index (χ2v) is 5.20. The fraction of sp³-hybridized carbons (Fsp3) is 0.571. The van der Waals surface area contributed by atoms with E-state index in [1.54, 1.807) is 6.26 Å². The minimum Gasteiger partial charge on any atom is -0.352 e. The fourth-order valence-corrected chi connectivity index (χ4v) is 1.89.